The van der Waals surface area contributed by atoms with Crippen LogP contribution in [0.1, 0.15) is 12.5 Å². The molecule has 2 aromatic rings. The molecule has 0 bridgehead atoms. The normalized spacial score (nSPS) is 11.4. The van der Waals surface area contributed by atoms with E-state index in [1.807, 2.05) is 19.1 Å². The predicted molar refractivity (Wildman–Crippen MR) is 99.4 cm³/mol. The lowest BCUT2D eigenvalue weighted by molar-refractivity contribution is -0.384. The van der Waals surface area contributed by atoms with Crippen molar-refractivity contribution in [2.75, 3.05) is 18.4 Å². The fourth-order valence-corrected chi connectivity index (χ4v) is 2.40. The Labute approximate surface area is 151 Å². The van der Waals surface area contributed by atoms with Crippen molar-refractivity contribution in [3.63, 3.8) is 0 Å². The van der Waals surface area contributed by atoms with Crippen molar-refractivity contribution in [3.05, 3.63) is 64.2 Å². The number of nitro benzene ring substituents is 1. The highest BCUT2D eigenvalue weighted by Gasteiger charge is 2.08. The number of nitrogens with zero attached hydrogens (tertiary/aromatic N) is 1. The number of non-ortho nitro benzene ring substituents is 1. The molecule has 0 fully saturated rings. The molecule has 0 saturated carbocycles. The molecule has 2 amide bonds. The van der Waals surface area contributed by atoms with Gasteiger partial charge in [-0.25, -0.2) is 4.79 Å². The van der Waals surface area contributed by atoms with Gasteiger partial charge in [0.2, 0.25) is 0 Å². The van der Waals surface area contributed by atoms with Crippen molar-refractivity contribution in [1.82, 2.24) is 10.6 Å². The van der Waals surface area contributed by atoms with Crippen LogP contribution in [-0.4, -0.2) is 35.2 Å². The van der Waals surface area contributed by atoms with Gasteiger partial charge in [0.1, 0.15) is 5.75 Å². The summed E-state index contributed by atoms with van der Waals surface area (Å²) in [4.78, 5) is 22.0. The number of phenolic OH excluding ortho intramolecular Hbond substituents is 1. The van der Waals surface area contributed by atoms with Crippen LogP contribution in [0.2, 0.25) is 0 Å². The summed E-state index contributed by atoms with van der Waals surface area (Å²) in [5, 5.41) is 28.5. The van der Waals surface area contributed by atoms with Gasteiger partial charge in [0.25, 0.3) is 5.69 Å². The average molecular weight is 358 g/mol. The van der Waals surface area contributed by atoms with E-state index in [4.69, 9.17) is 0 Å². The third kappa shape index (κ3) is 6.31. The predicted octanol–water partition coefficient (Wildman–Crippen LogP) is 2.64. The van der Waals surface area contributed by atoms with Crippen molar-refractivity contribution >= 4 is 17.4 Å². The van der Waals surface area contributed by atoms with Gasteiger partial charge in [-0.1, -0.05) is 12.1 Å². The minimum Gasteiger partial charge on any atom is -0.508 e. The molecule has 1 atom stereocenters. The number of aromatic hydroxyl groups is 1. The van der Waals surface area contributed by atoms with Gasteiger partial charge in [-0.05, 0) is 43.2 Å². The molecule has 1 unspecified atom stereocenters. The van der Waals surface area contributed by atoms with Crippen LogP contribution in [0.4, 0.5) is 16.2 Å². The zero-order valence-corrected chi connectivity index (χ0v) is 14.4. The van der Waals surface area contributed by atoms with Crippen molar-refractivity contribution in [2.24, 2.45) is 0 Å². The minimum atomic E-state index is -0.449. The molecule has 0 heterocycles. The number of benzene rings is 2. The molecule has 0 radical (unpaired) electrons. The van der Waals surface area contributed by atoms with Crippen LogP contribution < -0.4 is 16.0 Å². The molecule has 0 aliphatic carbocycles. The highest BCUT2D eigenvalue weighted by molar-refractivity contribution is 5.74. The van der Waals surface area contributed by atoms with Crippen LogP contribution in [0.25, 0.3) is 0 Å². The largest absolute Gasteiger partial charge is 0.508 e. The number of nitrogens with one attached hydrogen (secondary N) is 3. The van der Waals surface area contributed by atoms with Gasteiger partial charge < -0.3 is 21.1 Å². The highest BCUT2D eigenvalue weighted by atomic mass is 16.6. The molecule has 0 aliphatic rings. The summed E-state index contributed by atoms with van der Waals surface area (Å²) < 4.78 is 0. The molecule has 0 spiro atoms. The van der Waals surface area contributed by atoms with Crippen LogP contribution in [0.3, 0.4) is 0 Å². The number of urea groups is 1. The second-order valence-electron chi connectivity index (χ2n) is 5.90. The maximum Gasteiger partial charge on any atom is 0.315 e. The summed E-state index contributed by atoms with van der Waals surface area (Å²) in [7, 11) is 0. The number of hydrogen-bond acceptors (Lipinski definition) is 5. The Balaban J connectivity index is 1.65. The second-order valence-corrected chi connectivity index (χ2v) is 5.90. The van der Waals surface area contributed by atoms with Gasteiger partial charge in [-0.15, -0.1) is 0 Å². The summed E-state index contributed by atoms with van der Waals surface area (Å²) >= 11 is 0. The van der Waals surface area contributed by atoms with E-state index in [-0.39, 0.29) is 23.5 Å². The van der Waals surface area contributed by atoms with Crippen molar-refractivity contribution in [1.29, 1.82) is 0 Å². The van der Waals surface area contributed by atoms with E-state index in [0.717, 1.165) is 11.3 Å². The van der Waals surface area contributed by atoms with E-state index >= 15 is 0 Å². The lowest BCUT2D eigenvalue weighted by atomic mass is 10.1. The summed E-state index contributed by atoms with van der Waals surface area (Å²) in [5.74, 6) is 0.215. The smallest absolute Gasteiger partial charge is 0.315 e. The Morgan fingerprint density at radius 3 is 2.38 bits per heavy atom. The maximum absolute atomic E-state index is 11.9. The molecule has 4 N–H and O–H groups in total. The molecular weight excluding hydrogens is 336 g/mol. The molecule has 0 aliphatic heterocycles. The topological polar surface area (TPSA) is 117 Å². The van der Waals surface area contributed by atoms with E-state index < -0.39 is 4.92 Å². The maximum atomic E-state index is 11.9. The monoisotopic (exact) mass is 358 g/mol. The van der Waals surface area contributed by atoms with Gasteiger partial charge in [-0.2, -0.15) is 0 Å². The Bertz CT molecular complexity index is 732. The number of rotatable bonds is 8. The fraction of sp³-hybridized carbons (Fsp3) is 0.278. The van der Waals surface area contributed by atoms with Gasteiger partial charge >= 0.3 is 6.03 Å². The number of nitro groups is 1. The number of carbonyl (C=O) groups is 1. The van der Waals surface area contributed by atoms with Gasteiger partial charge in [0.15, 0.2) is 0 Å². The summed E-state index contributed by atoms with van der Waals surface area (Å²) in [6.45, 7) is 2.81. The minimum absolute atomic E-state index is 0.0377. The van der Waals surface area contributed by atoms with Gasteiger partial charge in [0.05, 0.1) is 4.92 Å². The lowest BCUT2D eigenvalue weighted by Crippen LogP contribution is -2.43. The van der Waals surface area contributed by atoms with Gasteiger partial charge in [0, 0.05) is 37.0 Å². The third-order valence-electron chi connectivity index (χ3n) is 3.67. The number of amides is 2. The Hall–Kier alpha value is -3.29. The zero-order chi connectivity index (χ0) is 18.9. The highest BCUT2D eigenvalue weighted by Crippen LogP contribution is 2.15. The first-order chi connectivity index (χ1) is 12.4. The molecule has 8 nitrogen and oxygen atoms in total. The van der Waals surface area contributed by atoms with E-state index in [9.17, 15) is 20.0 Å². The zero-order valence-electron chi connectivity index (χ0n) is 14.4. The molecule has 2 rings (SSSR count). The average Bonchev–Trinajstić information content (AvgIpc) is 2.61. The summed E-state index contributed by atoms with van der Waals surface area (Å²) in [5.41, 5.74) is 1.81. The fourth-order valence-electron chi connectivity index (χ4n) is 2.40. The Morgan fingerprint density at radius 2 is 1.77 bits per heavy atom. The molecule has 0 saturated heterocycles. The van der Waals surface area contributed by atoms with E-state index in [1.165, 1.54) is 12.1 Å². The molecular formula is C18H22N4O4. The summed E-state index contributed by atoms with van der Waals surface area (Å²) in [6.07, 6.45) is 0.661. The Morgan fingerprint density at radius 1 is 1.12 bits per heavy atom. The molecule has 138 valence electrons. The third-order valence-corrected chi connectivity index (χ3v) is 3.67. The van der Waals surface area contributed by atoms with E-state index in [0.29, 0.717) is 19.5 Å². The molecule has 2 aromatic carbocycles. The second kappa shape index (κ2) is 9.26. The van der Waals surface area contributed by atoms with Crippen LogP contribution in [0.15, 0.2) is 48.5 Å². The SMILES string of the molecule is CC(Cc1ccc(O)cc1)NC(=O)NCCNc1ccc([N+](=O)[O-])cc1. The Kier molecular flexibility index (Phi) is 6.78. The first kappa shape index (κ1) is 19.0. The first-order valence-electron chi connectivity index (χ1n) is 8.24. The lowest BCUT2D eigenvalue weighted by Gasteiger charge is -2.15. The quantitative estimate of drug-likeness (QED) is 0.329. The van der Waals surface area contributed by atoms with Crippen LogP contribution >= 0.6 is 0 Å². The van der Waals surface area contributed by atoms with E-state index in [2.05, 4.69) is 16.0 Å². The number of carbonyl (C=O) groups excluding carboxylic acids is 1. The van der Waals surface area contributed by atoms with Gasteiger partial charge in [-0.3, -0.25) is 10.1 Å². The number of hydrogen-bond donors (Lipinski definition) is 4. The number of anilines is 1. The van der Waals surface area contributed by atoms with Crippen LogP contribution in [-0.2, 0) is 6.42 Å². The van der Waals surface area contributed by atoms with Crippen molar-refractivity contribution < 1.29 is 14.8 Å². The summed E-state index contributed by atoms with van der Waals surface area (Å²) in [6, 6.07) is 12.7. The first-order valence-corrected chi connectivity index (χ1v) is 8.24. The van der Waals surface area contributed by atoms with Crippen LogP contribution in [0.5, 0.6) is 5.75 Å². The van der Waals surface area contributed by atoms with Crippen molar-refractivity contribution in [2.45, 2.75) is 19.4 Å². The molecule has 8 heteroatoms. The number of phenols is 1. The van der Waals surface area contributed by atoms with Crippen molar-refractivity contribution in [3.8, 4) is 5.75 Å². The van der Waals surface area contributed by atoms with Crippen LogP contribution in [0, 0.1) is 10.1 Å². The standard InChI is InChI=1S/C18H22N4O4/c1-13(12-14-2-8-17(23)9-3-14)21-18(24)20-11-10-19-15-4-6-16(7-5-15)22(25)26/h2-9,13,19,23H,10-12H2,1H3,(H2,20,21,24). The van der Waals surface area contributed by atoms with E-state index in [1.54, 1.807) is 24.3 Å². The molecule has 26 heavy (non-hydrogen) atoms. The molecule has 0 aromatic heterocycles.